The molecule has 0 radical (unpaired) electrons. The van der Waals surface area contributed by atoms with Gasteiger partial charge in [0.2, 0.25) is 0 Å². The molecule has 0 spiro atoms. The van der Waals surface area contributed by atoms with Crippen molar-refractivity contribution in [3.05, 3.63) is 56.3 Å². The lowest BCUT2D eigenvalue weighted by atomic mass is 10.2. The van der Waals surface area contributed by atoms with Crippen LogP contribution in [-0.2, 0) is 9.59 Å². The van der Waals surface area contributed by atoms with E-state index in [4.69, 9.17) is 15.2 Å². The maximum atomic E-state index is 13.0. The molecule has 1 aliphatic heterocycles. The number of halogens is 2. The predicted octanol–water partition coefficient (Wildman–Crippen LogP) is 3.78. The Hall–Kier alpha value is -2.60. The monoisotopic (exact) mass is 541 g/mol. The molecule has 10 heteroatoms. The Labute approximate surface area is 190 Å². The van der Waals surface area contributed by atoms with Crippen LogP contribution in [0.4, 0.5) is 10.1 Å². The zero-order valence-electron chi connectivity index (χ0n) is 15.8. The molecular formula is C20H17FIN3O4S. The molecule has 0 atom stereocenters. The summed E-state index contributed by atoms with van der Waals surface area (Å²) >= 11 is 3.17. The zero-order chi connectivity index (χ0) is 21.7. The third-order valence-electron chi connectivity index (χ3n) is 3.74. The second-order valence-corrected chi connectivity index (χ2v) is 8.20. The number of nitrogens with two attached hydrogens (primary N) is 1. The summed E-state index contributed by atoms with van der Waals surface area (Å²) in [5.41, 5.74) is 6.76. The maximum absolute atomic E-state index is 13.0. The van der Waals surface area contributed by atoms with E-state index in [1.54, 1.807) is 18.2 Å². The van der Waals surface area contributed by atoms with Crippen molar-refractivity contribution in [2.24, 2.45) is 10.7 Å². The molecule has 0 saturated carbocycles. The Morgan fingerprint density at radius 3 is 2.67 bits per heavy atom. The summed E-state index contributed by atoms with van der Waals surface area (Å²) in [4.78, 5) is 28.1. The number of ether oxygens (including phenoxy) is 2. The average Bonchev–Trinajstić information content (AvgIpc) is 3.00. The van der Waals surface area contributed by atoms with Gasteiger partial charge in [-0.2, -0.15) is 4.99 Å². The predicted molar refractivity (Wildman–Crippen MR) is 123 cm³/mol. The van der Waals surface area contributed by atoms with Crippen LogP contribution in [0.2, 0.25) is 0 Å². The molecule has 0 bridgehead atoms. The van der Waals surface area contributed by atoms with Gasteiger partial charge in [-0.3, -0.25) is 9.59 Å². The van der Waals surface area contributed by atoms with Gasteiger partial charge in [0.25, 0.3) is 11.8 Å². The molecule has 1 aliphatic rings. The molecule has 2 aromatic rings. The van der Waals surface area contributed by atoms with Gasteiger partial charge in [0.15, 0.2) is 23.3 Å². The Bertz CT molecular complexity index is 1040. The summed E-state index contributed by atoms with van der Waals surface area (Å²) in [5, 5.41) is 2.84. The first-order valence-electron chi connectivity index (χ1n) is 8.78. The number of anilines is 1. The topological polar surface area (TPSA) is 103 Å². The minimum Gasteiger partial charge on any atom is -0.490 e. The first-order chi connectivity index (χ1) is 14.4. The van der Waals surface area contributed by atoms with Gasteiger partial charge in [0, 0.05) is 5.69 Å². The highest BCUT2D eigenvalue weighted by Gasteiger charge is 2.20. The van der Waals surface area contributed by atoms with Gasteiger partial charge < -0.3 is 20.5 Å². The first-order valence-corrected chi connectivity index (χ1v) is 10.7. The zero-order valence-corrected chi connectivity index (χ0v) is 18.8. The molecule has 0 aromatic heterocycles. The standard InChI is InChI=1S/C20H17FIN3O4S/c1-2-28-15-8-11(9-16-19(27)25-20(23)30-16)7-14(22)18(15)29-10-17(26)24-13-5-3-12(21)4-6-13/h3-9H,2,10H2,1H3,(H,24,26)(H2,23,25,27). The van der Waals surface area contributed by atoms with E-state index < -0.39 is 5.91 Å². The molecule has 1 heterocycles. The van der Waals surface area contributed by atoms with Crippen LogP contribution in [0.1, 0.15) is 12.5 Å². The van der Waals surface area contributed by atoms with Crippen LogP contribution < -0.4 is 20.5 Å². The molecule has 3 N–H and O–H groups in total. The largest absolute Gasteiger partial charge is 0.490 e. The number of carbonyl (C=O) groups is 2. The Kier molecular flexibility index (Phi) is 7.32. The number of rotatable bonds is 7. The van der Waals surface area contributed by atoms with Gasteiger partial charge in [-0.05, 0) is 89.3 Å². The Morgan fingerprint density at radius 2 is 2.03 bits per heavy atom. The molecule has 0 unspecified atom stereocenters. The number of amidine groups is 1. The lowest BCUT2D eigenvalue weighted by Crippen LogP contribution is -2.20. The lowest BCUT2D eigenvalue weighted by molar-refractivity contribution is -0.118. The second-order valence-electron chi connectivity index (χ2n) is 5.97. The number of aliphatic imine (C=N–C) groups is 1. The van der Waals surface area contributed by atoms with E-state index in [0.29, 0.717) is 37.8 Å². The molecule has 0 aliphatic carbocycles. The molecule has 7 nitrogen and oxygen atoms in total. The van der Waals surface area contributed by atoms with Gasteiger partial charge in [0.05, 0.1) is 15.1 Å². The van der Waals surface area contributed by atoms with E-state index in [0.717, 1.165) is 11.8 Å². The fourth-order valence-electron chi connectivity index (χ4n) is 2.52. The van der Waals surface area contributed by atoms with E-state index in [1.165, 1.54) is 24.3 Å². The first kappa shape index (κ1) is 22.1. The summed E-state index contributed by atoms with van der Waals surface area (Å²) in [5.74, 6) is -0.317. The van der Waals surface area contributed by atoms with Crippen molar-refractivity contribution in [3.63, 3.8) is 0 Å². The SMILES string of the molecule is CCOc1cc(C=C2SC(N)=NC2=O)cc(I)c1OCC(=O)Nc1ccc(F)cc1. The molecular weight excluding hydrogens is 524 g/mol. The van der Waals surface area contributed by atoms with Crippen molar-refractivity contribution >= 4 is 63.1 Å². The number of carbonyl (C=O) groups excluding carboxylic acids is 2. The van der Waals surface area contributed by atoms with Crippen LogP contribution in [0.5, 0.6) is 11.5 Å². The van der Waals surface area contributed by atoms with Crippen LogP contribution in [0.3, 0.4) is 0 Å². The third kappa shape index (κ3) is 5.72. The van der Waals surface area contributed by atoms with Crippen LogP contribution >= 0.6 is 34.4 Å². The van der Waals surface area contributed by atoms with E-state index in [2.05, 4.69) is 32.9 Å². The molecule has 156 valence electrons. The van der Waals surface area contributed by atoms with Crippen molar-refractivity contribution in [1.82, 2.24) is 0 Å². The van der Waals surface area contributed by atoms with Gasteiger partial charge in [-0.25, -0.2) is 4.39 Å². The van der Waals surface area contributed by atoms with Crippen LogP contribution in [0.25, 0.3) is 6.08 Å². The fourth-order valence-corrected chi connectivity index (χ4v) is 3.98. The molecule has 0 fully saturated rings. The van der Waals surface area contributed by atoms with E-state index in [-0.39, 0.29) is 23.5 Å². The highest BCUT2D eigenvalue weighted by atomic mass is 127. The number of amides is 2. The van der Waals surface area contributed by atoms with Crippen LogP contribution in [0.15, 0.2) is 46.3 Å². The van der Waals surface area contributed by atoms with Crippen molar-refractivity contribution in [3.8, 4) is 11.5 Å². The number of nitrogens with one attached hydrogen (secondary N) is 1. The maximum Gasteiger partial charge on any atom is 0.286 e. The minimum atomic E-state index is -0.397. The summed E-state index contributed by atoms with van der Waals surface area (Å²) < 4.78 is 25.0. The molecule has 3 rings (SSSR count). The van der Waals surface area contributed by atoms with Crippen molar-refractivity contribution in [2.45, 2.75) is 6.92 Å². The highest BCUT2D eigenvalue weighted by molar-refractivity contribution is 14.1. The smallest absolute Gasteiger partial charge is 0.286 e. The van der Waals surface area contributed by atoms with Gasteiger partial charge in [-0.1, -0.05) is 0 Å². The van der Waals surface area contributed by atoms with Crippen LogP contribution in [0, 0.1) is 9.39 Å². The summed E-state index contributed by atoms with van der Waals surface area (Å²) in [6.45, 7) is 1.96. The number of thioether (sulfide) groups is 1. The van der Waals surface area contributed by atoms with Gasteiger partial charge in [-0.15, -0.1) is 0 Å². The average molecular weight is 541 g/mol. The van der Waals surface area contributed by atoms with E-state index in [1.807, 2.05) is 6.92 Å². The Morgan fingerprint density at radius 1 is 1.30 bits per heavy atom. The van der Waals surface area contributed by atoms with Crippen molar-refractivity contribution in [1.29, 1.82) is 0 Å². The quantitative estimate of drug-likeness (QED) is 0.409. The number of hydrogen-bond acceptors (Lipinski definition) is 6. The van der Waals surface area contributed by atoms with Crippen molar-refractivity contribution in [2.75, 3.05) is 18.5 Å². The number of hydrogen-bond donors (Lipinski definition) is 2. The molecule has 2 aromatic carbocycles. The fraction of sp³-hybridized carbons (Fsp3) is 0.150. The van der Waals surface area contributed by atoms with Gasteiger partial charge in [0.1, 0.15) is 5.82 Å². The minimum absolute atomic E-state index is 0.207. The van der Waals surface area contributed by atoms with Gasteiger partial charge >= 0.3 is 0 Å². The highest BCUT2D eigenvalue weighted by Crippen LogP contribution is 2.36. The number of nitrogens with zero attached hydrogens (tertiary/aromatic N) is 1. The second kappa shape index (κ2) is 9.94. The lowest BCUT2D eigenvalue weighted by Gasteiger charge is -2.15. The normalized spacial score (nSPS) is 14.6. The molecule has 0 saturated heterocycles. The third-order valence-corrected chi connectivity index (χ3v) is 5.36. The summed E-state index contributed by atoms with van der Waals surface area (Å²) in [6, 6.07) is 8.95. The van der Waals surface area contributed by atoms with E-state index in [9.17, 15) is 14.0 Å². The summed E-state index contributed by atoms with van der Waals surface area (Å²) in [6.07, 6.45) is 1.67. The van der Waals surface area contributed by atoms with Crippen molar-refractivity contribution < 1.29 is 23.5 Å². The molecule has 30 heavy (non-hydrogen) atoms. The summed E-state index contributed by atoms with van der Waals surface area (Å²) in [7, 11) is 0. The Balaban J connectivity index is 1.74. The number of benzene rings is 2. The van der Waals surface area contributed by atoms with Crippen LogP contribution in [-0.4, -0.2) is 30.2 Å². The van der Waals surface area contributed by atoms with E-state index >= 15 is 0 Å². The molecule has 2 amide bonds.